The molecule has 0 radical (unpaired) electrons. The Morgan fingerprint density at radius 3 is 1.76 bits per heavy atom. The van der Waals surface area contributed by atoms with Crippen molar-refractivity contribution in [3.63, 3.8) is 0 Å². The summed E-state index contributed by atoms with van der Waals surface area (Å²) in [7, 11) is 3.76. The van der Waals surface area contributed by atoms with Gasteiger partial charge in [0.1, 0.15) is 0 Å². The van der Waals surface area contributed by atoms with Crippen LogP contribution in [0.5, 0.6) is 0 Å². The van der Waals surface area contributed by atoms with Gasteiger partial charge in [-0.25, -0.2) is 15.0 Å². The third kappa shape index (κ3) is 6.11. The predicted molar refractivity (Wildman–Crippen MR) is 166 cm³/mol. The molecule has 0 aliphatic heterocycles. The van der Waals surface area contributed by atoms with E-state index in [4.69, 9.17) is 4.98 Å². The molecule has 1 N–H and O–H groups in total. The third-order valence-electron chi connectivity index (χ3n) is 6.52. The Morgan fingerprint density at radius 1 is 0.738 bits per heavy atom. The van der Waals surface area contributed by atoms with Gasteiger partial charge >= 0.3 is 0 Å². The van der Waals surface area contributed by atoms with Gasteiger partial charge in [-0.05, 0) is 18.8 Å². The van der Waals surface area contributed by atoms with Crippen LogP contribution in [0.4, 0.5) is 0 Å². The van der Waals surface area contributed by atoms with Crippen LogP contribution in [0.3, 0.4) is 0 Å². The van der Waals surface area contributed by atoms with E-state index in [1.807, 2.05) is 59.7 Å². The van der Waals surface area contributed by atoms with Crippen LogP contribution in [0.2, 0.25) is 0 Å². The van der Waals surface area contributed by atoms with Crippen LogP contribution in [0.1, 0.15) is 56.4 Å². The second-order valence-electron chi connectivity index (χ2n) is 10.4. The minimum atomic E-state index is -0.109. The van der Waals surface area contributed by atoms with Gasteiger partial charge < -0.3 is 4.98 Å². The third-order valence-corrected chi connectivity index (χ3v) is 8.07. The molecular formula is C29H32N10OS2. The SMILES string of the molecule is CC(C)c1c(-c2cnn(C)c2)nc(-c2cncs2)[nH]c1=O.Cc1nc(-c2cncs2)nc(-c2cnn(C)c2)c1C(C)C. The topological polar surface area (TPSA) is 133 Å². The van der Waals surface area contributed by atoms with Crippen LogP contribution in [-0.4, -0.2) is 49.5 Å². The molecular weight excluding hydrogens is 569 g/mol. The number of nitrogens with one attached hydrogen (secondary N) is 1. The summed E-state index contributed by atoms with van der Waals surface area (Å²) in [5.41, 5.74) is 9.80. The summed E-state index contributed by atoms with van der Waals surface area (Å²) in [6.45, 7) is 10.3. The number of thiazole rings is 2. The maximum Gasteiger partial charge on any atom is 0.255 e. The van der Waals surface area contributed by atoms with Gasteiger partial charge in [0.05, 0.1) is 44.6 Å². The van der Waals surface area contributed by atoms with Gasteiger partial charge in [-0.2, -0.15) is 10.2 Å². The number of hydrogen-bond donors (Lipinski definition) is 1. The number of hydrogen-bond acceptors (Lipinski definition) is 10. The van der Waals surface area contributed by atoms with Crippen LogP contribution >= 0.6 is 22.7 Å². The number of nitrogens with zero attached hydrogens (tertiary/aromatic N) is 9. The van der Waals surface area contributed by atoms with E-state index in [0.717, 1.165) is 38.1 Å². The quantitative estimate of drug-likeness (QED) is 0.252. The zero-order valence-electron chi connectivity index (χ0n) is 24.5. The zero-order chi connectivity index (χ0) is 30.0. The van der Waals surface area contributed by atoms with E-state index in [9.17, 15) is 4.79 Å². The Hall–Kier alpha value is -4.36. The Bertz CT molecular complexity index is 1850. The molecule has 6 aromatic heterocycles. The molecule has 0 aliphatic carbocycles. The van der Waals surface area contributed by atoms with Crippen LogP contribution in [0.25, 0.3) is 43.9 Å². The predicted octanol–water partition coefficient (Wildman–Crippen LogP) is 5.85. The lowest BCUT2D eigenvalue weighted by atomic mass is 9.97. The fourth-order valence-electron chi connectivity index (χ4n) is 4.70. The second kappa shape index (κ2) is 12.2. The molecule has 0 saturated heterocycles. The first-order chi connectivity index (χ1) is 20.1. The summed E-state index contributed by atoms with van der Waals surface area (Å²) in [5.74, 6) is 1.71. The first kappa shape index (κ1) is 29.1. The first-order valence-electron chi connectivity index (χ1n) is 13.4. The molecule has 0 fully saturated rings. The van der Waals surface area contributed by atoms with Crippen molar-refractivity contribution in [2.75, 3.05) is 0 Å². The number of aromatic nitrogens is 10. The van der Waals surface area contributed by atoms with E-state index in [2.05, 4.69) is 49.0 Å². The lowest BCUT2D eigenvalue weighted by molar-refractivity contribution is 0.767. The highest BCUT2D eigenvalue weighted by Crippen LogP contribution is 2.32. The fraction of sp³-hybridized carbons (Fsp3) is 0.310. The summed E-state index contributed by atoms with van der Waals surface area (Å²) in [4.78, 5) is 39.4. The Kier molecular flexibility index (Phi) is 8.50. The van der Waals surface area contributed by atoms with E-state index in [0.29, 0.717) is 23.0 Å². The molecule has 6 aromatic rings. The molecule has 0 unspecified atom stereocenters. The van der Waals surface area contributed by atoms with Crippen molar-refractivity contribution in [3.8, 4) is 43.9 Å². The summed E-state index contributed by atoms with van der Waals surface area (Å²) in [5, 5.41) is 8.43. The standard InChI is InChI=1S/C15H17N5S.C14H15N5OS/c1-9(2)13-10(3)18-15(12-6-16-8-21-12)19-14(13)11-5-17-20(4)7-11;1-8(2)11-12(9-4-16-19(3)6-9)17-13(18-14(11)20)10-5-15-7-21-10/h5-9H,1-4H3;4-8H,1-3H3,(H,17,18,20). The van der Waals surface area contributed by atoms with Gasteiger partial charge in [0.15, 0.2) is 11.6 Å². The molecule has 42 heavy (non-hydrogen) atoms. The van der Waals surface area contributed by atoms with Crippen molar-refractivity contribution in [3.05, 3.63) is 75.4 Å². The smallest absolute Gasteiger partial charge is 0.255 e. The van der Waals surface area contributed by atoms with E-state index >= 15 is 0 Å². The van der Waals surface area contributed by atoms with Crippen molar-refractivity contribution in [1.29, 1.82) is 0 Å². The van der Waals surface area contributed by atoms with Crippen LogP contribution in [-0.2, 0) is 14.1 Å². The molecule has 0 spiro atoms. The molecule has 13 heteroatoms. The van der Waals surface area contributed by atoms with Crippen LogP contribution in [0.15, 0.2) is 53.0 Å². The molecule has 0 aliphatic rings. The van der Waals surface area contributed by atoms with Gasteiger partial charge in [0.25, 0.3) is 5.56 Å². The van der Waals surface area contributed by atoms with Crippen molar-refractivity contribution in [2.24, 2.45) is 14.1 Å². The van der Waals surface area contributed by atoms with E-state index < -0.39 is 0 Å². The highest BCUT2D eigenvalue weighted by molar-refractivity contribution is 7.13. The van der Waals surface area contributed by atoms with E-state index in [1.54, 1.807) is 44.1 Å². The van der Waals surface area contributed by atoms with Crippen molar-refractivity contribution in [1.82, 2.24) is 49.5 Å². The highest BCUT2D eigenvalue weighted by Gasteiger charge is 2.20. The maximum atomic E-state index is 12.4. The molecule has 6 heterocycles. The minimum absolute atomic E-state index is 0.0759. The average molecular weight is 601 g/mol. The van der Waals surface area contributed by atoms with Gasteiger partial charge in [-0.15, -0.1) is 22.7 Å². The monoisotopic (exact) mass is 600 g/mol. The number of aromatic amines is 1. The molecule has 11 nitrogen and oxygen atoms in total. The molecule has 0 aromatic carbocycles. The van der Waals surface area contributed by atoms with Crippen LogP contribution < -0.4 is 5.56 Å². The molecule has 0 bridgehead atoms. The normalized spacial score (nSPS) is 11.3. The first-order valence-corrected chi connectivity index (χ1v) is 15.2. The summed E-state index contributed by atoms with van der Waals surface area (Å²) < 4.78 is 3.50. The molecule has 216 valence electrons. The number of aryl methyl sites for hydroxylation is 3. The summed E-state index contributed by atoms with van der Waals surface area (Å²) >= 11 is 2.99. The molecule has 6 rings (SSSR count). The van der Waals surface area contributed by atoms with Gasteiger partial charge in [-0.3, -0.25) is 24.1 Å². The second-order valence-corrected chi connectivity index (χ2v) is 12.2. The van der Waals surface area contributed by atoms with Crippen LogP contribution in [0, 0.1) is 6.92 Å². The largest absolute Gasteiger partial charge is 0.306 e. The Morgan fingerprint density at radius 2 is 1.29 bits per heavy atom. The number of H-pyrrole nitrogens is 1. The molecule has 0 saturated carbocycles. The fourth-order valence-corrected chi connectivity index (χ4v) is 5.82. The van der Waals surface area contributed by atoms with Gasteiger partial charge in [0.2, 0.25) is 0 Å². The van der Waals surface area contributed by atoms with E-state index in [1.165, 1.54) is 16.9 Å². The van der Waals surface area contributed by atoms with Crippen molar-refractivity contribution in [2.45, 2.75) is 46.5 Å². The summed E-state index contributed by atoms with van der Waals surface area (Å²) in [6, 6.07) is 0. The van der Waals surface area contributed by atoms with Gasteiger partial charge in [0, 0.05) is 66.8 Å². The Labute approximate surface area is 251 Å². The summed E-state index contributed by atoms with van der Waals surface area (Å²) in [6.07, 6.45) is 10.9. The zero-order valence-corrected chi connectivity index (χ0v) is 26.2. The van der Waals surface area contributed by atoms with Gasteiger partial charge in [-0.1, -0.05) is 27.7 Å². The van der Waals surface area contributed by atoms with Crippen molar-refractivity contribution < 1.29 is 0 Å². The minimum Gasteiger partial charge on any atom is -0.306 e. The van der Waals surface area contributed by atoms with Crippen molar-refractivity contribution >= 4 is 22.7 Å². The molecule has 0 atom stereocenters. The lowest BCUT2D eigenvalue weighted by Crippen LogP contribution is -2.18. The molecule has 0 amide bonds. The van der Waals surface area contributed by atoms with E-state index in [-0.39, 0.29) is 11.5 Å². The average Bonchev–Trinajstić information content (AvgIpc) is 3.76. The maximum absolute atomic E-state index is 12.4. The number of rotatable bonds is 6. The lowest BCUT2D eigenvalue weighted by Gasteiger charge is -2.14. The highest BCUT2D eigenvalue weighted by atomic mass is 32.1. The Balaban J connectivity index is 0.000000168.